The molecule has 1 heterocycles. The first-order valence-corrected chi connectivity index (χ1v) is 8.98. The summed E-state index contributed by atoms with van der Waals surface area (Å²) in [5.74, 6) is -0.392. The van der Waals surface area contributed by atoms with Crippen LogP contribution in [0.3, 0.4) is 0 Å². The van der Waals surface area contributed by atoms with Crippen LogP contribution in [-0.2, 0) is 6.18 Å². The van der Waals surface area contributed by atoms with Gasteiger partial charge in [-0.3, -0.25) is 14.9 Å². The van der Waals surface area contributed by atoms with Crippen LogP contribution in [-0.4, -0.2) is 28.0 Å². The molecule has 1 aromatic heterocycles. The molecule has 154 valence electrons. The average molecular weight is 409 g/mol. The average Bonchev–Trinajstić information content (AvgIpc) is 2.69. The zero-order chi connectivity index (χ0) is 21.0. The molecule has 29 heavy (non-hydrogen) atoms. The summed E-state index contributed by atoms with van der Waals surface area (Å²) in [5.41, 5.74) is -1.09. The maximum Gasteiger partial charge on any atom is 0.417 e. The first-order valence-electron chi connectivity index (χ1n) is 8.98. The van der Waals surface area contributed by atoms with Gasteiger partial charge >= 0.3 is 6.18 Å². The highest BCUT2D eigenvalue weighted by molar-refractivity contribution is 5.98. The van der Waals surface area contributed by atoms with Gasteiger partial charge in [-0.1, -0.05) is 12.1 Å². The second kappa shape index (κ2) is 8.46. The van der Waals surface area contributed by atoms with Crippen LogP contribution in [0.15, 0.2) is 42.6 Å². The number of ether oxygens (including phenoxy) is 1. The van der Waals surface area contributed by atoms with Crippen molar-refractivity contribution in [1.29, 1.82) is 0 Å². The Bertz CT molecular complexity index is 879. The van der Waals surface area contributed by atoms with Crippen molar-refractivity contribution in [1.82, 2.24) is 10.3 Å². The van der Waals surface area contributed by atoms with Gasteiger partial charge in [-0.25, -0.2) is 4.98 Å². The molecule has 1 aromatic carbocycles. The van der Waals surface area contributed by atoms with E-state index in [1.165, 1.54) is 24.3 Å². The van der Waals surface area contributed by atoms with Crippen molar-refractivity contribution in [3.63, 3.8) is 0 Å². The number of nitrogens with zero attached hydrogens (tertiary/aromatic N) is 2. The van der Waals surface area contributed by atoms with E-state index in [4.69, 9.17) is 4.74 Å². The van der Waals surface area contributed by atoms with Crippen molar-refractivity contribution < 1.29 is 27.6 Å². The first kappa shape index (κ1) is 20.6. The molecule has 10 heteroatoms. The Kier molecular flexibility index (Phi) is 6.00. The topological polar surface area (TPSA) is 94.4 Å². The summed E-state index contributed by atoms with van der Waals surface area (Å²) in [6, 6.07) is 7.67. The molecule has 1 fully saturated rings. The van der Waals surface area contributed by atoms with Gasteiger partial charge in [-0.05, 0) is 37.8 Å². The van der Waals surface area contributed by atoms with Gasteiger partial charge in [0.25, 0.3) is 11.6 Å². The maximum absolute atomic E-state index is 12.6. The summed E-state index contributed by atoms with van der Waals surface area (Å²) in [6.07, 6.45) is -1.63. The molecule has 1 N–H and O–H groups in total. The standard InChI is InChI=1S/C19H18F3N3O4/c20-19(21,22)12-5-10-17(23-11-12)29-14-8-6-13(7-9-14)24-18(26)15-3-1-2-4-16(15)25(27)28/h1-5,10-11,13-14H,6-9H2,(H,24,26). The number of benzene rings is 1. The SMILES string of the molecule is O=C(NC1CCC(Oc2ccc(C(F)(F)F)cn2)CC1)c1ccccc1[N+](=O)[O-]. The number of nitrogens with one attached hydrogen (secondary N) is 1. The van der Waals surface area contributed by atoms with Crippen LogP contribution in [0.1, 0.15) is 41.6 Å². The highest BCUT2D eigenvalue weighted by atomic mass is 19.4. The number of hydrogen-bond acceptors (Lipinski definition) is 5. The Hall–Kier alpha value is -3.17. The largest absolute Gasteiger partial charge is 0.474 e. The van der Waals surface area contributed by atoms with E-state index >= 15 is 0 Å². The molecule has 1 aliphatic carbocycles. The zero-order valence-electron chi connectivity index (χ0n) is 15.2. The number of alkyl halides is 3. The third-order valence-electron chi connectivity index (χ3n) is 4.71. The zero-order valence-corrected chi connectivity index (χ0v) is 15.2. The van der Waals surface area contributed by atoms with Gasteiger partial charge < -0.3 is 10.1 Å². The summed E-state index contributed by atoms with van der Waals surface area (Å²) in [6.45, 7) is 0. The molecule has 3 rings (SSSR count). The van der Waals surface area contributed by atoms with Gasteiger partial charge in [0.1, 0.15) is 11.7 Å². The maximum atomic E-state index is 12.6. The molecule has 0 aliphatic heterocycles. The molecular formula is C19H18F3N3O4. The second-order valence-electron chi connectivity index (χ2n) is 6.72. The Labute approximate surface area is 164 Å². The molecule has 1 saturated carbocycles. The molecule has 0 saturated heterocycles. The van der Waals surface area contributed by atoms with Crippen LogP contribution in [0.4, 0.5) is 18.9 Å². The van der Waals surface area contributed by atoms with E-state index in [1.807, 2.05) is 0 Å². The molecule has 0 radical (unpaired) electrons. The van der Waals surface area contributed by atoms with E-state index in [9.17, 15) is 28.1 Å². The number of carbonyl (C=O) groups excluding carboxylic acids is 1. The quantitative estimate of drug-likeness (QED) is 0.592. The van der Waals surface area contributed by atoms with Crippen molar-refractivity contribution in [2.45, 2.75) is 44.0 Å². The monoisotopic (exact) mass is 409 g/mol. The summed E-state index contributed by atoms with van der Waals surface area (Å²) >= 11 is 0. The van der Waals surface area contributed by atoms with Gasteiger partial charge in [-0.2, -0.15) is 13.2 Å². The lowest BCUT2D eigenvalue weighted by atomic mass is 9.92. The number of halogens is 3. The highest BCUT2D eigenvalue weighted by Crippen LogP contribution is 2.30. The second-order valence-corrected chi connectivity index (χ2v) is 6.72. The lowest BCUT2D eigenvalue weighted by molar-refractivity contribution is -0.385. The molecule has 0 atom stereocenters. The minimum atomic E-state index is -4.45. The van der Waals surface area contributed by atoms with Crippen molar-refractivity contribution in [3.05, 3.63) is 63.8 Å². The number of rotatable bonds is 5. The number of pyridine rings is 1. The Balaban J connectivity index is 1.52. The third kappa shape index (κ3) is 5.21. The fraction of sp³-hybridized carbons (Fsp3) is 0.368. The van der Waals surface area contributed by atoms with Gasteiger partial charge in [0.15, 0.2) is 0 Å². The molecular weight excluding hydrogens is 391 g/mol. The van der Waals surface area contributed by atoms with E-state index in [0.29, 0.717) is 25.7 Å². The Morgan fingerprint density at radius 1 is 1.14 bits per heavy atom. The van der Waals surface area contributed by atoms with Crippen LogP contribution in [0.2, 0.25) is 0 Å². The molecule has 7 nitrogen and oxygen atoms in total. The minimum absolute atomic E-state index is 0.00447. The van der Waals surface area contributed by atoms with Crippen LogP contribution in [0.25, 0.3) is 0 Å². The van der Waals surface area contributed by atoms with Crippen LogP contribution in [0.5, 0.6) is 5.88 Å². The number of nitro groups is 1. The third-order valence-corrected chi connectivity index (χ3v) is 4.71. The Morgan fingerprint density at radius 2 is 1.83 bits per heavy atom. The molecule has 0 spiro atoms. The highest BCUT2D eigenvalue weighted by Gasteiger charge is 2.31. The lowest BCUT2D eigenvalue weighted by Crippen LogP contribution is -2.39. The number of amides is 1. The summed E-state index contributed by atoms with van der Waals surface area (Å²) in [5, 5.41) is 13.9. The van der Waals surface area contributed by atoms with E-state index in [1.54, 1.807) is 6.07 Å². The molecule has 1 amide bonds. The van der Waals surface area contributed by atoms with Crippen molar-refractivity contribution >= 4 is 11.6 Å². The predicted molar refractivity (Wildman–Crippen MR) is 96.5 cm³/mol. The van der Waals surface area contributed by atoms with E-state index < -0.39 is 22.6 Å². The normalized spacial score (nSPS) is 19.4. The summed E-state index contributed by atoms with van der Waals surface area (Å²) in [4.78, 5) is 26.5. The van der Waals surface area contributed by atoms with Crippen LogP contribution in [0, 0.1) is 10.1 Å². The van der Waals surface area contributed by atoms with E-state index in [2.05, 4.69) is 10.3 Å². The summed E-state index contributed by atoms with van der Waals surface area (Å²) in [7, 11) is 0. The molecule has 1 aliphatic rings. The fourth-order valence-electron chi connectivity index (χ4n) is 3.20. The Morgan fingerprint density at radius 3 is 2.41 bits per heavy atom. The smallest absolute Gasteiger partial charge is 0.417 e. The predicted octanol–water partition coefficient (Wildman–Crippen LogP) is 4.13. The number of carbonyl (C=O) groups is 1. The van der Waals surface area contributed by atoms with E-state index in [0.717, 1.165) is 12.3 Å². The van der Waals surface area contributed by atoms with Gasteiger partial charge in [-0.15, -0.1) is 0 Å². The van der Waals surface area contributed by atoms with Gasteiger partial charge in [0.05, 0.1) is 10.5 Å². The molecule has 0 unspecified atom stereocenters. The number of hydrogen-bond donors (Lipinski definition) is 1. The fourth-order valence-corrected chi connectivity index (χ4v) is 3.20. The van der Waals surface area contributed by atoms with Crippen molar-refractivity contribution in [3.8, 4) is 5.88 Å². The van der Waals surface area contributed by atoms with Gasteiger partial charge in [0.2, 0.25) is 5.88 Å². The lowest BCUT2D eigenvalue weighted by Gasteiger charge is -2.29. The number of nitro benzene ring substituents is 1. The van der Waals surface area contributed by atoms with Gasteiger partial charge in [0, 0.05) is 24.4 Å². The molecule has 2 aromatic rings. The number of para-hydroxylation sites is 1. The number of aromatic nitrogens is 1. The molecule has 0 bridgehead atoms. The van der Waals surface area contributed by atoms with E-state index in [-0.39, 0.29) is 29.3 Å². The van der Waals surface area contributed by atoms with Crippen LogP contribution < -0.4 is 10.1 Å². The van der Waals surface area contributed by atoms with Crippen molar-refractivity contribution in [2.75, 3.05) is 0 Å². The van der Waals surface area contributed by atoms with Crippen LogP contribution >= 0.6 is 0 Å². The van der Waals surface area contributed by atoms with Crippen molar-refractivity contribution in [2.24, 2.45) is 0 Å². The minimum Gasteiger partial charge on any atom is -0.474 e. The summed E-state index contributed by atoms with van der Waals surface area (Å²) < 4.78 is 43.3. The first-order chi connectivity index (χ1) is 13.7.